The third-order valence-corrected chi connectivity index (χ3v) is 3.44. The van der Waals surface area contributed by atoms with Crippen LogP contribution in [-0.2, 0) is 16.8 Å². The Morgan fingerprint density at radius 1 is 1.28 bits per heavy atom. The summed E-state index contributed by atoms with van der Waals surface area (Å²) in [5.41, 5.74) is 2.66. The molecule has 1 aliphatic rings. The number of carbonyl (C=O) groups is 1. The van der Waals surface area contributed by atoms with Crippen molar-refractivity contribution in [2.75, 3.05) is 13.1 Å². The predicted octanol–water partition coefficient (Wildman–Crippen LogP) is 1.82. The highest BCUT2D eigenvalue weighted by Crippen LogP contribution is 2.22. The molecule has 98 valence electrons. The molecule has 0 aromatic heterocycles. The molecule has 3 heteroatoms. The van der Waals surface area contributed by atoms with Crippen molar-refractivity contribution in [1.82, 2.24) is 10.6 Å². The van der Waals surface area contributed by atoms with E-state index in [4.69, 9.17) is 0 Å². The fourth-order valence-electron chi connectivity index (χ4n) is 1.93. The maximum atomic E-state index is 11.7. The SMILES string of the molecule is CC(C)(C)c1ccc(CNC(=O)C2CNC2)cc1. The standard InChI is InChI=1S/C15H22N2O/c1-15(2,3)13-6-4-11(5-7-13)8-17-14(18)12-9-16-10-12/h4-7,12,16H,8-10H2,1-3H3,(H,17,18). The molecule has 0 spiro atoms. The zero-order valence-corrected chi connectivity index (χ0v) is 11.4. The highest BCUT2D eigenvalue weighted by atomic mass is 16.2. The van der Waals surface area contributed by atoms with Crippen LogP contribution in [0.15, 0.2) is 24.3 Å². The first-order valence-corrected chi connectivity index (χ1v) is 6.54. The van der Waals surface area contributed by atoms with Gasteiger partial charge in [-0.15, -0.1) is 0 Å². The average Bonchev–Trinajstić information content (AvgIpc) is 2.23. The summed E-state index contributed by atoms with van der Waals surface area (Å²) in [4.78, 5) is 11.7. The Hall–Kier alpha value is -1.35. The van der Waals surface area contributed by atoms with Gasteiger partial charge < -0.3 is 10.6 Å². The zero-order chi connectivity index (χ0) is 13.2. The largest absolute Gasteiger partial charge is 0.352 e. The van der Waals surface area contributed by atoms with Gasteiger partial charge in [-0.05, 0) is 16.5 Å². The summed E-state index contributed by atoms with van der Waals surface area (Å²) in [6.45, 7) is 8.86. The van der Waals surface area contributed by atoms with Crippen LogP contribution in [0.3, 0.4) is 0 Å². The molecule has 18 heavy (non-hydrogen) atoms. The number of rotatable bonds is 3. The van der Waals surface area contributed by atoms with Gasteiger partial charge >= 0.3 is 0 Å². The van der Waals surface area contributed by atoms with E-state index >= 15 is 0 Å². The Morgan fingerprint density at radius 3 is 2.33 bits per heavy atom. The lowest BCUT2D eigenvalue weighted by Crippen LogP contribution is -2.50. The Morgan fingerprint density at radius 2 is 1.89 bits per heavy atom. The number of hydrogen-bond acceptors (Lipinski definition) is 2. The second-order valence-electron chi connectivity index (χ2n) is 6.02. The molecule has 0 unspecified atom stereocenters. The van der Waals surface area contributed by atoms with E-state index < -0.39 is 0 Å². The summed E-state index contributed by atoms with van der Waals surface area (Å²) in [6.07, 6.45) is 0. The molecule has 1 heterocycles. The van der Waals surface area contributed by atoms with Gasteiger partial charge in [0.25, 0.3) is 0 Å². The molecule has 0 radical (unpaired) electrons. The van der Waals surface area contributed by atoms with Gasteiger partial charge in [0.05, 0.1) is 5.92 Å². The normalized spacial score (nSPS) is 16.2. The summed E-state index contributed by atoms with van der Waals surface area (Å²) in [7, 11) is 0. The predicted molar refractivity (Wildman–Crippen MR) is 73.3 cm³/mol. The molecule has 3 nitrogen and oxygen atoms in total. The lowest BCUT2D eigenvalue weighted by molar-refractivity contribution is -0.126. The fraction of sp³-hybridized carbons (Fsp3) is 0.533. The number of hydrogen-bond donors (Lipinski definition) is 2. The van der Waals surface area contributed by atoms with Crippen LogP contribution in [-0.4, -0.2) is 19.0 Å². The number of benzene rings is 1. The van der Waals surface area contributed by atoms with Crippen molar-refractivity contribution in [3.05, 3.63) is 35.4 Å². The second kappa shape index (κ2) is 5.11. The molecule has 0 bridgehead atoms. The van der Waals surface area contributed by atoms with Crippen molar-refractivity contribution in [2.24, 2.45) is 5.92 Å². The van der Waals surface area contributed by atoms with Crippen LogP contribution in [0.1, 0.15) is 31.9 Å². The summed E-state index contributed by atoms with van der Waals surface area (Å²) >= 11 is 0. The maximum absolute atomic E-state index is 11.7. The van der Waals surface area contributed by atoms with Crippen LogP contribution in [0, 0.1) is 5.92 Å². The van der Waals surface area contributed by atoms with Crippen LogP contribution in [0.2, 0.25) is 0 Å². The lowest BCUT2D eigenvalue weighted by Gasteiger charge is -2.25. The summed E-state index contributed by atoms with van der Waals surface area (Å²) in [6, 6.07) is 8.48. The van der Waals surface area contributed by atoms with Gasteiger partial charge in [0, 0.05) is 19.6 Å². The molecule has 2 N–H and O–H groups in total. The first kappa shape index (κ1) is 13.1. The van der Waals surface area contributed by atoms with E-state index in [-0.39, 0.29) is 17.2 Å². The van der Waals surface area contributed by atoms with Crippen LogP contribution in [0.25, 0.3) is 0 Å². The molecule has 2 rings (SSSR count). The van der Waals surface area contributed by atoms with Crippen molar-refractivity contribution in [3.63, 3.8) is 0 Å². The zero-order valence-electron chi connectivity index (χ0n) is 11.4. The number of amides is 1. The number of carbonyl (C=O) groups excluding carboxylic acids is 1. The van der Waals surface area contributed by atoms with E-state index in [0.29, 0.717) is 6.54 Å². The van der Waals surface area contributed by atoms with E-state index in [0.717, 1.165) is 18.7 Å². The van der Waals surface area contributed by atoms with E-state index in [1.165, 1.54) is 5.56 Å². The molecule has 1 saturated heterocycles. The van der Waals surface area contributed by atoms with Gasteiger partial charge in [-0.25, -0.2) is 0 Å². The van der Waals surface area contributed by atoms with Crippen molar-refractivity contribution in [2.45, 2.75) is 32.7 Å². The Balaban J connectivity index is 1.88. The highest BCUT2D eigenvalue weighted by Gasteiger charge is 2.24. The van der Waals surface area contributed by atoms with Gasteiger partial charge in [0.2, 0.25) is 5.91 Å². The molecular weight excluding hydrogens is 224 g/mol. The fourth-order valence-corrected chi connectivity index (χ4v) is 1.93. The minimum Gasteiger partial charge on any atom is -0.352 e. The lowest BCUT2D eigenvalue weighted by atomic mass is 9.87. The summed E-state index contributed by atoms with van der Waals surface area (Å²) < 4.78 is 0. The van der Waals surface area contributed by atoms with Crippen LogP contribution < -0.4 is 10.6 Å². The molecule has 1 amide bonds. The minimum absolute atomic E-state index is 0.161. The topological polar surface area (TPSA) is 41.1 Å². The molecule has 0 aliphatic carbocycles. The maximum Gasteiger partial charge on any atom is 0.225 e. The molecule has 0 saturated carbocycles. The first-order chi connectivity index (χ1) is 8.47. The van der Waals surface area contributed by atoms with Crippen LogP contribution >= 0.6 is 0 Å². The Kier molecular flexibility index (Phi) is 3.71. The second-order valence-corrected chi connectivity index (χ2v) is 6.02. The van der Waals surface area contributed by atoms with Gasteiger partial charge in [-0.3, -0.25) is 4.79 Å². The van der Waals surface area contributed by atoms with Crippen molar-refractivity contribution < 1.29 is 4.79 Å². The molecule has 1 aromatic rings. The van der Waals surface area contributed by atoms with Crippen molar-refractivity contribution in [1.29, 1.82) is 0 Å². The summed E-state index contributed by atoms with van der Waals surface area (Å²) in [5.74, 6) is 0.326. The van der Waals surface area contributed by atoms with Gasteiger partial charge in [0.15, 0.2) is 0 Å². The van der Waals surface area contributed by atoms with E-state index in [2.05, 4.69) is 55.7 Å². The van der Waals surface area contributed by atoms with Gasteiger partial charge in [0.1, 0.15) is 0 Å². The molecule has 1 fully saturated rings. The van der Waals surface area contributed by atoms with Crippen LogP contribution in [0.4, 0.5) is 0 Å². The average molecular weight is 246 g/mol. The minimum atomic E-state index is 0.161. The highest BCUT2D eigenvalue weighted by molar-refractivity contribution is 5.79. The van der Waals surface area contributed by atoms with Gasteiger partial charge in [-0.2, -0.15) is 0 Å². The van der Waals surface area contributed by atoms with Gasteiger partial charge in [-0.1, -0.05) is 45.0 Å². The first-order valence-electron chi connectivity index (χ1n) is 6.54. The third kappa shape index (κ3) is 3.10. The molecule has 1 aromatic carbocycles. The van der Waals surface area contributed by atoms with E-state index in [1.807, 2.05) is 0 Å². The van der Waals surface area contributed by atoms with Crippen molar-refractivity contribution in [3.8, 4) is 0 Å². The quantitative estimate of drug-likeness (QED) is 0.854. The number of nitrogens with one attached hydrogen (secondary N) is 2. The molecule has 0 atom stereocenters. The smallest absolute Gasteiger partial charge is 0.225 e. The monoisotopic (exact) mass is 246 g/mol. The Bertz CT molecular complexity index is 413. The van der Waals surface area contributed by atoms with E-state index in [9.17, 15) is 4.79 Å². The van der Waals surface area contributed by atoms with Crippen molar-refractivity contribution >= 4 is 5.91 Å². The van der Waals surface area contributed by atoms with Crippen LogP contribution in [0.5, 0.6) is 0 Å². The molecule has 1 aliphatic heterocycles. The Labute approximate surface area is 109 Å². The summed E-state index contributed by atoms with van der Waals surface area (Å²) in [5, 5.41) is 6.08. The molecular formula is C15H22N2O. The van der Waals surface area contributed by atoms with E-state index in [1.54, 1.807) is 0 Å². The third-order valence-electron chi connectivity index (χ3n) is 3.44.